The van der Waals surface area contributed by atoms with E-state index in [2.05, 4.69) is 27.6 Å². The van der Waals surface area contributed by atoms with Crippen LogP contribution in [0.3, 0.4) is 0 Å². The van der Waals surface area contributed by atoms with Gasteiger partial charge in [0.2, 0.25) is 0 Å². The molecule has 0 unspecified atom stereocenters. The lowest BCUT2D eigenvalue weighted by atomic mass is 10.0. The summed E-state index contributed by atoms with van der Waals surface area (Å²) < 4.78 is 12.3. The van der Waals surface area contributed by atoms with Crippen molar-refractivity contribution >= 4 is 11.9 Å². The van der Waals surface area contributed by atoms with Crippen LogP contribution in [0.15, 0.2) is 60.3 Å². The molecule has 1 aromatic carbocycles. The smallest absolute Gasteiger partial charge is 0.323 e. The molecule has 1 aliphatic rings. The fourth-order valence-corrected chi connectivity index (χ4v) is 3.12. The lowest BCUT2D eigenvalue weighted by Crippen LogP contribution is -2.47. The Hall–Kier alpha value is -3.63. The number of benzene rings is 1. The van der Waals surface area contributed by atoms with Gasteiger partial charge in [-0.2, -0.15) is 5.10 Å². The number of nitrogens with two attached hydrogens (primary N) is 1. The molecule has 0 saturated carbocycles. The Morgan fingerprint density at radius 3 is 2.88 bits per heavy atom. The van der Waals surface area contributed by atoms with Gasteiger partial charge in [-0.05, 0) is 24.1 Å². The van der Waals surface area contributed by atoms with Gasteiger partial charge in [-0.3, -0.25) is 9.48 Å². The van der Waals surface area contributed by atoms with E-state index < -0.39 is 11.9 Å². The minimum absolute atomic E-state index is 0.0178. The van der Waals surface area contributed by atoms with Crippen molar-refractivity contribution in [1.29, 1.82) is 0 Å². The number of nitrogens with zero attached hydrogens (tertiary/aromatic N) is 2. The molecule has 0 radical (unpaired) electrons. The SMILES string of the molecule is C=C1NC(=O)NC(C(=O)N[C@H](C)c2cccc(-c3cnn(CCOCCOC)c3)c2)=C1N. The molecule has 0 spiro atoms. The molecule has 1 atom stereocenters. The number of hydrogen-bond acceptors (Lipinski definition) is 6. The molecule has 0 fully saturated rings. The van der Waals surface area contributed by atoms with Gasteiger partial charge in [-0.1, -0.05) is 24.8 Å². The maximum absolute atomic E-state index is 12.6. The third-order valence-electron chi connectivity index (χ3n) is 4.92. The van der Waals surface area contributed by atoms with Crippen LogP contribution in [0.2, 0.25) is 0 Å². The van der Waals surface area contributed by atoms with Gasteiger partial charge in [-0.15, -0.1) is 0 Å². The van der Waals surface area contributed by atoms with Gasteiger partial charge in [0.25, 0.3) is 5.91 Å². The molecule has 0 bridgehead atoms. The van der Waals surface area contributed by atoms with Crippen LogP contribution >= 0.6 is 0 Å². The Balaban J connectivity index is 1.64. The average Bonchev–Trinajstić information content (AvgIpc) is 3.25. The minimum Gasteiger partial charge on any atom is -0.395 e. The van der Waals surface area contributed by atoms with E-state index in [0.717, 1.165) is 16.7 Å². The molecule has 170 valence electrons. The van der Waals surface area contributed by atoms with Crippen molar-refractivity contribution in [1.82, 2.24) is 25.7 Å². The predicted molar refractivity (Wildman–Crippen MR) is 119 cm³/mol. The summed E-state index contributed by atoms with van der Waals surface area (Å²) in [5.41, 5.74) is 8.97. The highest BCUT2D eigenvalue weighted by atomic mass is 16.5. The predicted octanol–water partition coefficient (Wildman–Crippen LogP) is 1.39. The third-order valence-corrected chi connectivity index (χ3v) is 4.92. The Labute approximate surface area is 186 Å². The Kier molecular flexibility index (Phi) is 7.63. The minimum atomic E-state index is -0.551. The number of hydrogen-bond donors (Lipinski definition) is 4. The monoisotopic (exact) mass is 440 g/mol. The third kappa shape index (κ3) is 5.74. The van der Waals surface area contributed by atoms with Crippen LogP contribution in [0.5, 0.6) is 0 Å². The van der Waals surface area contributed by atoms with Crippen LogP contribution < -0.4 is 21.7 Å². The first-order chi connectivity index (χ1) is 15.4. The number of carbonyl (C=O) groups excluding carboxylic acids is 2. The number of ether oxygens (including phenoxy) is 2. The number of carbonyl (C=O) groups is 2. The fraction of sp³-hybridized carbons (Fsp3) is 0.318. The van der Waals surface area contributed by atoms with Crippen molar-refractivity contribution < 1.29 is 19.1 Å². The van der Waals surface area contributed by atoms with E-state index in [0.29, 0.717) is 26.4 Å². The molecule has 32 heavy (non-hydrogen) atoms. The molecule has 3 amide bonds. The van der Waals surface area contributed by atoms with E-state index in [1.54, 1.807) is 13.3 Å². The number of amides is 3. The van der Waals surface area contributed by atoms with Crippen molar-refractivity contribution in [3.63, 3.8) is 0 Å². The Morgan fingerprint density at radius 1 is 1.28 bits per heavy atom. The van der Waals surface area contributed by atoms with Crippen LogP contribution in [0.4, 0.5) is 4.79 Å². The first kappa shape index (κ1) is 23.0. The summed E-state index contributed by atoms with van der Waals surface area (Å²) in [4.78, 5) is 24.3. The molecule has 10 heteroatoms. The number of urea groups is 1. The van der Waals surface area contributed by atoms with Gasteiger partial charge in [-0.25, -0.2) is 4.79 Å². The highest BCUT2D eigenvalue weighted by Gasteiger charge is 2.25. The zero-order valence-corrected chi connectivity index (χ0v) is 18.2. The van der Waals surface area contributed by atoms with Crippen molar-refractivity contribution in [2.75, 3.05) is 26.9 Å². The first-order valence-corrected chi connectivity index (χ1v) is 10.2. The van der Waals surface area contributed by atoms with Crippen LogP contribution in [-0.4, -0.2) is 48.6 Å². The maximum atomic E-state index is 12.6. The second-order valence-electron chi connectivity index (χ2n) is 7.26. The summed E-state index contributed by atoms with van der Waals surface area (Å²) in [5.74, 6) is -0.488. The molecule has 0 aliphatic carbocycles. The van der Waals surface area contributed by atoms with E-state index in [1.165, 1.54) is 0 Å². The zero-order valence-electron chi connectivity index (χ0n) is 18.2. The largest absolute Gasteiger partial charge is 0.395 e. The van der Waals surface area contributed by atoms with Crippen molar-refractivity contribution in [2.24, 2.45) is 5.73 Å². The van der Waals surface area contributed by atoms with E-state index in [1.807, 2.05) is 42.1 Å². The first-order valence-electron chi connectivity index (χ1n) is 10.2. The van der Waals surface area contributed by atoms with Crippen LogP contribution in [0.1, 0.15) is 18.5 Å². The van der Waals surface area contributed by atoms with Gasteiger partial charge in [0.15, 0.2) is 0 Å². The van der Waals surface area contributed by atoms with Crippen LogP contribution in [0.25, 0.3) is 11.1 Å². The van der Waals surface area contributed by atoms with Gasteiger partial charge < -0.3 is 31.2 Å². The normalized spacial score (nSPS) is 14.7. The second-order valence-corrected chi connectivity index (χ2v) is 7.26. The van der Waals surface area contributed by atoms with E-state index in [9.17, 15) is 9.59 Å². The summed E-state index contributed by atoms with van der Waals surface area (Å²) >= 11 is 0. The van der Waals surface area contributed by atoms with Gasteiger partial charge in [0.05, 0.1) is 50.0 Å². The molecule has 2 aromatic rings. The fourth-order valence-electron chi connectivity index (χ4n) is 3.12. The van der Waals surface area contributed by atoms with Crippen LogP contribution in [-0.2, 0) is 20.8 Å². The number of aromatic nitrogens is 2. The van der Waals surface area contributed by atoms with Gasteiger partial charge in [0, 0.05) is 18.9 Å². The Morgan fingerprint density at radius 2 is 2.09 bits per heavy atom. The summed E-state index contributed by atoms with van der Waals surface area (Å²) in [6.07, 6.45) is 3.74. The van der Waals surface area contributed by atoms with Crippen molar-refractivity contribution in [3.8, 4) is 11.1 Å². The number of rotatable bonds is 10. The van der Waals surface area contributed by atoms with Crippen molar-refractivity contribution in [3.05, 3.63) is 65.9 Å². The molecule has 3 rings (SSSR count). The van der Waals surface area contributed by atoms with Crippen LogP contribution in [0, 0.1) is 0 Å². The standard InChI is InChI=1S/C22H28N6O4/c1-14(25-21(29)20-19(23)15(2)26-22(30)27-20)16-5-4-6-17(11-16)18-12-24-28(13-18)7-8-32-10-9-31-3/h4-6,11-14H,2,7-10,23H2,1,3H3,(H,25,29)(H2,26,27,30)/t14-/m1/s1. The molecule has 2 heterocycles. The number of nitrogens with one attached hydrogen (secondary N) is 3. The second kappa shape index (κ2) is 10.6. The van der Waals surface area contributed by atoms with Gasteiger partial charge >= 0.3 is 6.03 Å². The maximum Gasteiger partial charge on any atom is 0.323 e. The summed E-state index contributed by atoms with van der Waals surface area (Å²) in [5, 5.41) is 12.1. The summed E-state index contributed by atoms with van der Waals surface area (Å²) in [7, 11) is 1.64. The van der Waals surface area contributed by atoms with Gasteiger partial charge in [0.1, 0.15) is 5.70 Å². The molecule has 5 N–H and O–H groups in total. The molecular formula is C22H28N6O4. The molecule has 10 nitrogen and oxygen atoms in total. The zero-order chi connectivity index (χ0) is 23.1. The quantitative estimate of drug-likeness (QED) is 0.413. The summed E-state index contributed by atoms with van der Waals surface area (Å²) in [6, 6.07) is 6.92. The van der Waals surface area contributed by atoms with E-state index in [4.69, 9.17) is 15.2 Å². The topological polar surface area (TPSA) is 133 Å². The molecule has 1 aliphatic heterocycles. The number of methoxy groups -OCH3 is 1. The van der Waals surface area contributed by atoms with E-state index in [-0.39, 0.29) is 23.1 Å². The van der Waals surface area contributed by atoms with E-state index >= 15 is 0 Å². The lowest BCUT2D eigenvalue weighted by Gasteiger charge is -2.22. The average molecular weight is 441 g/mol. The van der Waals surface area contributed by atoms with Crippen molar-refractivity contribution in [2.45, 2.75) is 19.5 Å². The molecule has 1 aromatic heterocycles. The molecule has 0 saturated heterocycles. The Bertz CT molecular complexity index is 1030. The summed E-state index contributed by atoms with van der Waals surface area (Å²) in [6.45, 7) is 7.79. The highest BCUT2D eigenvalue weighted by molar-refractivity contribution is 6.00. The molecular weight excluding hydrogens is 412 g/mol. The highest BCUT2D eigenvalue weighted by Crippen LogP contribution is 2.23. The lowest BCUT2D eigenvalue weighted by molar-refractivity contribution is -0.118.